The molecule has 1 aromatic carbocycles. The van der Waals surface area contributed by atoms with E-state index < -0.39 is 6.29 Å². The van der Waals surface area contributed by atoms with Crippen molar-refractivity contribution in [3.8, 4) is 0 Å². The zero-order chi connectivity index (χ0) is 17.1. The molecule has 2 fully saturated rings. The van der Waals surface area contributed by atoms with Crippen molar-refractivity contribution in [2.45, 2.75) is 70.9 Å². The van der Waals surface area contributed by atoms with Gasteiger partial charge in [-0.3, -0.25) is 0 Å². The number of ether oxygens (including phenoxy) is 1. The minimum Gasteiger partial charge on any atom is -0.364 e. The lowest BCUT2D eigenvalue weighted by Gasteiger charge is -2.37. The molecule has 2 aliphatic rings. The number of fused-ring (bicyclic) bond motifs is 2. The second-order valence-corrected chi connectivity index (χ2v) is 6.91. The number of hydrogen-bond donors (Lipinski definition) is 1. The fourth-order valence-corrected chi connectivity index (χ4v) is 3.95. The lowest BCUT2D eigenvalue weighted by atomic mass is 9.99. The molecule has 3 atom stereocenters. The predicted molar refractivity (Wildman–Crippen MR) is 112 cm³/mol. The first-order valence-corrected chi connectivity index (χ1v) is 14.5. The Morgan fingerprint density at radius 2 is 1.57 bits per heavy atom. The molecule has 0 saturated carbocycles. The lowest BCUT2D eigenvalue weighted by Crippen LogP contribution is -2.43. The molecule has 2 aliphatic heterocycles. The van der Waals surface area contributed by atoms with Gasteiger partial charge in [0, 0.05) is 54.9 Å². The van der Waals surface area contributed by atoms with Gasteiger partial charge in [0.05, 0.1) is 6.10 Å². The summed E-state index contributed by atoms with van der Waals surface area (Å²) in [5.74, 6) is 0. The molecule has 1 aromatic rings. The van der Waals surface area contributed by atoms with Crippen LogP contribution in [0.2, 0.25) is 0 Å². The van der Waals surface area contributed by atoms with Crippen molar-refractivity contribution in [1.82, 2.24) is 4.90 Å². The Morgan fingerprint density at radius 3 is 2.04 bits per heavy atom. The van der Waals surface area contributed by atoms with Crippen LogP contribution in [0.5, 0.6) is 0 Å². The molecule has 1 N–H and O–H groups in total. The van der Waals surface area contributed by atoms with E-state index >= 15 is 0 Å². The second-order valence-electron chi connectivity index (χ2n) is 6.91. The number of aryl methyl sites for hydroxylation is 2. The average molecular weight is 543 g/mol. The Kier molecular flexibility index (Phi) is 7.59. The van der Waals surface area contributed by atoms with Crippen molar-refractivity contribution in [2.24, 2.45) is 0 Å². The summed E-state index contributed by atoms with van der Waals surface area (Å²) in [6, 6.07) is 5.39. The first kappa shape index (κ1) is 19.9. The maximum absolute atomic E-state index is 10.4. The van der Waals surface area contributed by atoms with Crippen LogP contribution >= 0.6 is 37.2 Å². The third kappa shape index (κ3) is 4.59. The smallest absolute Gasteiger partial charge is 0.181 e. The molecule has 5 heteroatoms. The van der Waals surface area contributed by atoms with Crippen molar-refractivity contribution >= 4 is 37.2 Å². The third-order valence-electron chi connectivity index (χ3n) is 5.61. The maximum atomic E-state index is 10.4. The zero-order valence-corrected chi connectivity index (χ0v) is 18.7. The van der Waals surface area contributed by atoms with Gasteiger partial charge in [-0.05, 0) is 70.2 Å². The van der Waals surface area contributed by atoms with E-state index in [2.05, 4.69) is 82.1 Å². The van der Waals surface area contributed by atoms with Crippen LogP contribution in [0.4, 0.5) is 0 Å². The van der Waals surface area contributed by atoms with Crippen LogP contribution in [-0.2, 0) is 4.74 Å². The number of hydrogen-bond acceptors (Lipinski definition) is 3. The molecule has 130 valence electrons. The largest absolute Gasteiger partial charge is 0.364 e. The highest BCUT2D eigenvalue weighted by Crippen LogP contribution is 2.37. The topological polar surface area (TPSA) is 32.7 Å². The number of halogens is 2. The summed E-state index contributed by atoms with van der Waals surface area (Å²) in [5, 5.41) is 10.4. The molecule has 0 amide bonds. The number of aliphatic hydroxyl groups excluding tert-OH is 1. The minimum absolute atomic E-state index is 0.190. The van der Waals surface area contributed by atoms with Crippen molar-refractivity contribution in [3.05, 3.63) is 34.4 Å². The van der Waals surface area contributed by atoms with Crippen LogP contribution in [0.1, 0.15) is 54.2 Å². The molecular weight excluding hydrogens is 516 g/mol. The Labute approximate surface area is 163 Å². The summed E-state index contributed by atoms with van der Waals surface area (Å²) >= 11 is 4.24. The van der Waals surface area contributed by atoms with Crippen molar-refractivity contribution in [3.63, 3.8) is 0 Å². The van der Waals surface area contributed by atoms with Crippen LogP contribution in [-0.4, -0.2) is 35.2 Å². The van der Waals surface area contributed by atoms with E-state index in [9.17, 15) is 5.11 Å². The van der Waals surface area contributed by atoms with Crippen LogP contribution in [0.15, 0.2) is 12.1 Å². The van der Waals surface area contributed by atoms with Gasteiger partial charge in [0.2, 0.25) is 0 Å². The number of piperidine rings is 1. The monoisotopic (exact) mass is 543 g/mol. The normalized spacial score (nSPS) is 28.2. The zero-order valence-electron chi connectivity index (χ0n) is 14.4. The van der Waals surface area contributed by atoms with Crippen LogP contribution in [0.3, 0.4) is 0 Å². The predicted octanol–water partition coefficient (Wildman–Crippen LogP) is 5.02. The summed E-state index contributed by atoms with van der Waals surface area (Å²) in [5.41, 5.74) is 4.62. The molecule has 3 nitrogen and oxygen atoms in total. The van der Waals surface area contributed by atoms with Gasteiger partial charge in [-0.1, -0.05) is 12.1 Å². The fraction of sp³-hybridized carbons (Fsp3) is 0.667. The van der Waals surface area contributed by atoms with Gasteiger partial charge in [-0.15, -0.1) is 0 Å². The summed E-state index contributed by atoms with van der Waals surface area (Å²) < 4.78 is 5.99. The average Bonchev–Trinajstić information content (AvgIpc) is 2.76. The molecule has 0 aliphatic carbocycles. The van der Waals surface area contributed by atoms with Gasteiger partial charge >= 0.3 is 0 Å². The molecule has 3 unspecified atom stereocenters. The second kappa shape index (κ2) is 8.78. The minimum atomic E-state index is -0.796. The van der Waals surface area contributed by atoms with Gasteiger partial charge in [-0.2, -0.15) is 0 Å². The Morgan fingerprint density at radius 1 is 1.09 bits per heavy atom. The SMILES string of the molecule is Cc1cc(C(O)OC2CC3CCC(C2)N3C)cc(C)c1C.II. The maximum Gasteiger partial charge on any atom is 0.181 e. The molecule has 0 spiro atoms. The van der Waals surface area contributed by atoms with Crippen molar-refractivity contribution in [1.29, 1.82) is 0 Å². The molecule has 23 heavy (non-hydrogen) atoms. The Hall–Kier alpha value is 0.560. The van der Waals surface area contributed by atoms with Gasteiger partial charge in [-0.25, -0.2) is 0 Å². The van der Waals surface area contributed by atoms with Gasteiger partial charge < -0.3 is 14.7 Å². The summed E-state index contributed by atoms with van der Waals surface area (Å²) in [6.45, 7) is 6.30. The Balaban J connectivity index is 0.000000924. The van der Waals surface area contributed by atoms with E-state index in [1.807, 2.05) is 0 Å². The lowest BCUT2D eigenvalue weighted by molar-refractivity contribution is -0.157. The first-order chi connectivity index (χ1) is 11.0. The molecule has 0 aromatic heterocycles. The van der Waals surface area contributed by atoms with E-state index in [1.165, 1.54) is 29.5 Å². The van der Waals surface area contributed by atoms with Gasteiger partial charge in [0.1, 0.15) is 0 Å². The van der Waals surface area contributed by atoms with E-state index in [0.717, 1.165) is 18.4 Å². The van der Waals surface area contributed by atoms with E-state index in [0.29, 0.717) is 12.1 Å². The summed E-state index contributed by atoms with van der Waals surface area (Å²) in [7, 11) is 2.22. The molecule has 3 rings (SSSR count). The molecule has 2 bridgehead atoms. The summed E-state index contributed by atoms with van der Waals surface area (Å²) in [4.78, 5) is 2.49. The van der Waals surface area contributed by atoms with Crippen molar-refractivity contribution in [2.75, 3.05) is 7.05 Å². The van der Waals surface area contributed by atoms with E-state index in [4.69, 9.17) is 4.74 Å². The number of benzene rings is 1. The van der Waals surface area contributed by atoms with Gasteiger partial charge in [0.25, 0.3) is 0 Å². The van der Waals surface area contributed by atoms with Crippen LogP contribution in [0.25, 0.3) is 0 Å². The highest BCUT2D eigenvalue weighted by atomic mass is 128. The third-order valence-corrected chi connectivity index (χ3v) is 5.61. The number of nitrogens with zero attached hydrogens (tertiary/aromatic N) is 1. The van der Waals surface area contributed by atoms with E-state index in [-0.39, 0.29) is 6.10 Å². The van der Waals surface area contributed by atoms with Crippen LogP contribution < -0.4 is 0 Å². The Bertz CT molecular complexity index is 501. The summed E-state index contributed by atoms with van der Waals surface area (Å²) in [6.07, 6.45) is 4.05. The quantitative estimate of drug-likeness (QED) is 0.430. The standard InChI is InChI=1S/C18H27NO2.I2/c1-11-7-14(8-12(2)13(11)3)18(20)21-17-9-15-5-6-16(10-17)19(15)4;1-2/h7-8,15-18,20H,5-6,9-10H2,1-4H3;. The van der Waals surface area contributed by atoms with Crippen LogP contribution in [0, 0.1) is 20.8 Å². The number of rotatable bonds is 3. The molecule has 2 saturated heterocycles. The first-order valence-electron chi connectivity index (χ1n) is 8.23. The molecular formula is C18H27I2NO2. The molecule has 0 radical (unpaired) electrons. The van der Waals surface area contributed by atoms with Crippen molar-refractivity contribution < 1.29 is 9.84 Å². The molecule has 2 heterocycles. The van der Waals surface area contributed by atoms with Gasteiger partial charge in [0.15, 0.2) is 6.29 Å². The highest BCUT2D eigenvalue weighted by Gasteiger charge is 2.39. The highest BCUT2D eigenvalue weighted by molar-refractivity contribution is 15.0. The number of aliphatic hydroxyl groups is 1. The van der Waals surface area contributed by atoms with E-state index in [1.54, 1.807) is 0 Å². The fourth-order valence-electron chi connectivity index (χ4n) is 3.95.